The van der Waals surface area contributed by atoms with Crippen LogP contribution in [0.25, 0.3) is 0 Å². The van der Waals surface area contributed by atoms with Gasteiger partial charge >= 0.3 is 11.4 Å². The van der Waals surface area contributed by atoms with Gasteiger partial charge in [0.05, 0.1) is 26.7 Å². The zero-order chi connectivity index (χ0) is 17.6. The Morgan fingerprint density at radius 2 is 1.29 bits per heavy atom. The molecule has 1 aliphatic rings. The van der Waals surface area contributed by atoms with Gasteiger partial charge in [-0.3, -0.25) is 29.8 Å². The highest BCUT2D eigenvalue weighted by Crippen LogP contribution is 2.41. The fraction of sp³-hybridized carbons (Fsp3) is 0. The summed E-state index contributed by atoms with van der Waals surface area (Å²) in [5.74, 6) is -2.67. The van der Waals surface area contributed by atoms with Gasteiger partial charge in [0.25, 0.3) is 17.6 Å². The number of imide groups is 1. The van der Waals surface area contributed by atoms with Gasteiger partial charge in [0.2, 0.25) is 0 Å². The summed E-state index contributed by atoms with van der Waals surface area (Å²) in [6.07, 6.45) is 0. The third kappa shape index (κ3) is 2.05. The maximum atomic E-state index is 12.4. The molecule has 0 aromatic heterocycles. The molecular formula is C14H7N3O7. The zero-order valence-electron chi connectivity index (χ0n) is 11.7. The Kier molecular flexibility index (Phi) is 3.22. The van der Waals surface area contributed by atoms with Crippen LogP contribution in [0.2, 0.25) is 0 Å². The molecule has 24 heavy (non-hydrogen) atoms. The number of carbonyl (C=O) groups is 2. The molecule has 1 N–H and O–H groups in total. The van der Waals surface area contributed by atoms with Crippen LogP contribution in [-0.2, 0) is 0 Å². The standard InChI is InChI=1S/C14H7N3O7/c18-12-10(16(21)22)5-7(6-11(12)17(23)24)15-13(19)8-3-1-2-4-9(8)14(15)20/h1-6,18H. The van der Waals surface area contributed by atoms with Gasteiger partial charge in [-0.1, -0.05) is 12.1 Å². The van der Waals surface area contributed by atoms with Crippen molar-refractivity contribution in [3.8, 4) is 5.75 Å². The van der Waals surface area contributed by atoms with Gasteiger partial charge in [-0.05, 0) is 12.1 Å². The molecule has 0 spiro atoms. The molecule has 0 radical (unpaired) electrons. The fourth-order valence-corrected chi connectivity index (χ4v) is 2.42. The van der Waals surface area contributed by atoms with Gasteiger partial charge in [0.1, 0.15) is 0 Å². The highest BCUT2D eigenvalue weighted by atomic mass is 16.6. The number of nitrogens with zero attached hydrogens (tertiary/aromatic N) is 3. The topological polar surface area (TPSA) is 144 Å². The van der Waals surface area contributed by atoms with Crippen molar-refractivity contribution in [1.82, 2.24) is 0 Å². The minimum absolute atomic E-state index is 0.0841. The van der Waals surface area contributed by atoms with Crippen molar-refractivity contribution in [3.63, 3.8) is 0 Å². The van der Waals surface area contributed by atoms with E-state index >= 15 is 0 Å². The van der Waals surface area contributed by atoms with E-state index in [0.29, 0.717) is 4.90 Å². The lowest BCUT2D eigenvalue weighted by Crippen LogP contribution is -2.29. The number of fused-ring (bicyclic) bond motifs is 1. The lowest BCUT2D eigenvalue weighted by molar-refractivity contribution is -0.395. The van der Waals surface area contributed by atoms with Gasteiger partial charge in [0, 0.05) is 12.1 Å². The van der Waals surface area contributed by atoms with E-state index in [1.165, 1.54) is 24.3 Å². The van der Waals surface area contributed by atoms with E-state index in [-0.39, 0.29) is 16.8 Å². The van der Waals surface area contributed by atoms with Crippen LogP contribution in [-0.4, -0.2) is 26.8 Å². The molecule has 0 atom stereocenters. The maximum Gasteiger partial charge on any atom is 0.320 e. The van der Waals surface area contributed by atoms with Crippen LogP contribution in [0.1, 0.15) is 20.7 Å². The minimum Gasteiger partial charge on any atom is -0.497 e. The number of hydrogen-bond acceptors (Lipinski definition) is 7. The predicted molar refractivity (Wildman–Crippen MR) is 79.0 cm³/mol. The first-order valence-corrected chi connectivity index (χ1v) is 6.46. The van der Waals surface area contributed by atoms with Crippen molar-refractivity contribution in [2.75, 3.05) is 4.90 Å². The second kappa shape index (κ2) is 5.12. The summed E-state index contributed by atoms with van der Waals surface area (Å²) in [6.45, 7) is 0. The Bertz CT molecular complexity index is 868. The Balaban J connectivity index is 2.21. The summed E-state index contributed by atoms with van der Waals surface area (Å²) in [7, 11) is 0. The number of hydrogen-bond donors (Lipinski definition) is 1. The Hall–Kier alpha value is -3.82. The first-order chi connectivity index (χ1) is 11.3. The number of aromatic hydroxyl groups is 1. The number of rotatable bonds is 3. The second-order valence-corrected chi connectivity index (χ2v) is 4.84. The molecule has 0 saturated heterocycles. The van der Waals surface area contributed by atoms with Crippen molar-refractivity contribution < 1.29 is 24.5 Å². The molecular weight excluding hydrogens is 322 g/mol. The molecule has 3 rings (SSSR count). The average molecular weight is 329 g/mol. The first-order valence-electron chi connectivity index (χ1n) is 6.46. The lowest BCUT2D eigenvalue weighted by Gasteiger charge is -2.13. The van der Waals surface area contributed by atoms with Crippen LogP contribution in [0.3, 0.4) is 0 Å². The molecule has 0 bridgehead atoms. The smallest absolute Gasteiger partial charge is 0.320 e. The molecule has 120 valence electrons. The fourth-order valence-electron chi connectivity index (χ4n) is 2.42. The van der Waals surface area contributed by atoms with Crippen LogP contribution in [0.5, 0.6) is 5.75 Å². The van der Waals surface area contributed by atoms with E-state index in [2.05, 4.69) is 0 Å². The number of nitro groups is 2. The summed E-state index contributed by atoms with van der Waals surface area (Å²) in [5, 5.41) is 31.6. The Morgan fingerprint density at radius 3 is 1.67 bits per heavy atom. The van der Waals surface area contributed by atoms with Crippen molar-refractivity contribution in [1.29, 1.82) is 0 Å². The van der Waals surface area contributed by atoms with Crippen LogP contribution < -0.4 is 4.90 Å². The van der Waals surface area contributed by atoms with E-state index in [0.717, 1.165) is 12.1 Å². The second-order valence-electron chi connectivity index (χ2n) is 4.84. The molecule has 10 nitrogen and oxygen atoms in total. The van der Waals surface area contributed by atoms with Crippen LogP contribution >= 0.6 is 0 Å². The van der Waals surface area contributed by atoms with Gasteiger partial charge in [-0.25, -0.2) is 4.90 Å². The van der Waals surface area contributed by atoms with Crippen LogP contribution in [0.15, 0.2) is 36.4 Å². The summed E-state index contributed by atoms with van der Waals surface area (Å²) >= 11 is 0. The normalized spacial score (nSPS) is 13.1. The zero-order valence-corrected chi connectivity index (χ0v) is 11.7. The summed E-state index contributed by atoms with van der Waals surface area (Å²) < 4.78 is 0. The minimum atomic E-state index is -1.15. The van der Waals surface area contributed by atoms with Gasteiger partial charge < -0.3 is 5.11 Å². The summed E-state index contributed by atoms with van der Waals surface area (Å²) in [5.41, 5.74) is -2.15. The van der Waals surface area contributed by atoms with Gasteiger partial charge in [-0.15, -0.1) is 0 Å². The molecule has 1 heterocycles. The molecule has 0 fully saturated rings. The molecule has 2 amide bonds. The molecule has 2 aromatic rings. The van der Waals surface area contributed by atoms with Crippen molar-refractivity contribution >= 4 is 28.9 Å². The first kappa shape index (κ1) is 15.1. The average Bonchev–Trinajstić information content (AvgIpc) is 2.79. The third-order valence-corrected chi connectivity index (χ3v) is 3.50. The highest BCUT2D eigenvalue weighted by Gasteiger charge is 2.39. The lowest BCUT2D eigenvalue weighted by atomic mass is 10.1. The van der Waals surface area contributed by atoms with Crippen molar-refractivity contribution in [3.05, 3.63) is 67.8 Å². The van der Waals surface area contributed by atoms with Gasteiger partial charge in [0.15, 0.2) is 0 Å². The molecule has 0 aliphatic carbocycles. The molecule has 2 aromatic carbocycles. The third-order valence-electron chi connectivity index (χ3n) is 3.50. The van der Waals surface area contributed by atoms with E-state index in [1.807, 2.05) is 0 Å². The number of benzene rings is 2. The number of carbonyl (C=O) groups excluding carboxylic acids is 2. The molecule has 0 unspecified atom stereocenters. The molecule has 10 heteroatoms. The van der Waals surface area contributed by atoms with E-state index < -0.39 is 38.8 Å². The van der Waals surface area contributed by atoms with Crippen LogP contribution in [0.4, 0.5) is 17.1 Å². The van der Waals surface area contributed by atoms with Crippen molar-refractivity contribution in [2.24, 2.45) is 0 Å². The summed E-state index contributed by atoms with van der Waals surface area (Å²) in [4.78, 5) is 45.2. The van der Waals surface area contributed by atoms with E-state index in [4.69, 9.17) is 0 Å². The number of anilines is 1. The maximum absolute atomic E-state index is 12.4. The molecule has 1 aliphatic heterocycles. The number of amides is 2. The largest absolute Gasteiger partial charge is 0.497 e. The number of nitro benzene ring substituents is 2. The quantitative estimate of drug-likeness (QED) is 0.515. The van der Waals surface area contributed by atoms with Crippen LogP contribution in [0, 0.1) is 20.2 Å². The number of phenolic OH excluding ortho intramolecular Hbond substituents is 1. The van der Waals surface area contributed by atoms with Gasteiger partial charge in [-0.2, -0.15) is 0 Å². The predicted octanol–water partition coefficient (Wildman–Crippen LogP) is 2.01. The molecule has 0 saturated carbocycles. The Morgan fingerprint density at radius 1 is 0.875 bits per heavy atom. The SMILES string of the molecule is O=C1c2ccccc2C(=O)N1c1cc([N+](=O)[O-])c(O)c([N+](=O)[O-])c1. The monoisotopic (exact) mass is 329 g/mol. The van der Waals surface area contributed by atoms with E-state index in [9.17, 15) is 34.9 Å². The number of phenols is 1. The summed E-state index contributed by atoms with van der Waals surface area (Å²) in [6, 6.07) is 7.36. The highest BCUT2D eigenvalue weighted by molar-refractivity contribution is 6.34. The van der Waals surface area contributed by atoms with Crippen molar-refractivity contribution in [2.45, 2.75) is 0 Å². The Labute approximate surface area is 132 Å². The van der Waals surface area contributed by atoms with E-state index in [1.54, 1.807) is 0 Å².